The molecule has 0 unspecified atom stereocenters. The minimum absolute atomic E-state index is 0.0261. The number of carbonyl (C=O) groups excluding carboxylic acids is 1. The minimum Gasteiger partial charge on any atom is -0.481 e. The molecule has 0 fully saturated rings. The second-order valence-electron chi connectivity index (χ2n) is 3.71. The summed E-state index contributed by atoms with van der Waals surface area (Å²) in [6, 6.07) is 5.57. The maximum absolute atomic E-state index is 11.8. The van der Waals surface area contributed by atoms with E-state index < -0.39 is 5.97 Å². The highest BCUT2D eigenvalue weighted by Gasteiger charge is 2.13. The Hall–Kier alpha value is -1.62. The van der Waals surface area contributed by atoms with Gasteiger partial charge < -0.3 is 10.1 Å². The maximum Gasteiger partial charge on any atom is 0.303 e. The molecule has 5 heteroatoms. The molecule has 0 amide bonds. The summed E-state index contributed by atoms with van der Waals surface area (Å²) in [7, 11) is 0. The van der Waals surface area contributed by atoms with E-state index in [1.165, 1.54) is 0 Å². The quantitative estimate of drug-likeness (QED) is 0.852. The molecule has 0 spiro atoms. The number of Topliss-reactive ketones (excluding diaryl/α,β-unsaturated/α-hetero) is 1. The molecule has 0 saturated heterocycles. The molecule has 2 N–H and O–H groups in total. The predicted molar refractivity (Wildman–Crippen MR) is 67.2 cm³/mol. The lowest BCUT2D eigenvalue weighted by Gasteiger charge is -1.97. The number of carbonyl (C=O) groups is 2. The van der Waals surface area contributed by atoms with Crippen LogP contribution in [0.3, 0.4) is 0 Å². The van der Waals surface area contributed by atoms with Crippen LogP contribution in [-0.4, -0.2) is 21.8 Å². The topological polar surface area (TPSA) is 70.2 Å². The fraction of sp³-hybridized carbons (Fsp3) is 0.167. The molecule has 1 aromatic carbocycles. The summed E-state index contributed by atoms with van der Waals surface area (Å²) in [5.41, 5.74) is 1.41. The summed E-state index contributed by atoms with van der Waals surface area (Å²) >= 11 is 3.35. The number of carboxylic acid groups (broad SMARTS) is 1. The molecule has 1 aromatic heterocycles. The zero-order valence-electron chi connectivity index (χ0n) is 8.87. The first-order valence-electron chi connectivity index (χ1n) is 5.09. The Kier molecular flexibility index (Phi) is 3.28. The molecule has 0 aliphatic carbocycles. The van der Waals surface area contributed by atoms with Gasteiger partial charge in [0.2, 0.25) is 0 Å². The van der Waals surface area contributed by atoms with Crippen molar-refractivity contribution in [2.45, 2.75) is 12.8 Å². The summed E-state index contributed by atoms with van der Waals surface area (Å²) < 4.78 is 0.927. The lowest BCUT2D eigenvalue weighted by Crippen LogP contribution is -2.03. The van der Waals surface area contributed by atoms with Gasteiger partial charge in [0.15, 0.2) is 5.78 Å². The van der Waals surface area contributed by atoms with Gasteiger partial charge in [-0.3, -0.25) is 9.59 Å². The molecule has 88 valence electrons. The number of nitrogens with one attached hydrogen (secondary N) is 1. The molecule has 1 heterocycles. The Morgan fingerprint density at radius 2 is 2.06 bits per heavy atom. The number of fused-ring (bicyclic) bond motifs is 1. The highest BCUT2D eigenvalue weighted by atomic mass is 79.9. The van der Waals surface area contributed by atoms with Gasteiger partial charge >= 0.3 is 5.97 Å². The monoisotopic (exact) mass is 295 g/mol. The van der Waals surface area contributed by atoms with E-state index in [-0.39, 0.29) is 18.6 Å². The van der Waals surface area contributed by atoms with E-state index in [4.69, 9.17) is 5.11 Å². The van der Waals surface area contributed by atoms with Crippen LogP contribution in [0.25, 0.3) is 10.9 Å². The van der Waals surface area contributed by atoms with Crippen molar-refractivity contribution < 1.29 is 14.7 Å². The number of rotatable bonds is 4. The van der Waals surface area contributed by atoms with E-state index in [9.17, 15) is 9.59 Å². The average Bonchev–Trinajstić information content (AvgIpc) is 2.68. The third-order valence-corrected chi connectivity index (χ3v) is 3.00. The number of aromatic nitrogens is 1. The van der Waals surface area contributed by atoms with Crippen molar-refractivity contribution in [3.05, 3.63) is 34.4 Å². The molecular weight excluding hydrogens is 286 g/mol. The van der Waals surface area contributed by atoms with Crippen LogP contribution in [0.1, 0.15) is 23.2 Å². The van der Waals surface area contributed by atoms with E-state index in [0.29, 0.717) is 5.56 Å². The predicted octanol–water partition coefficient (Wildman–Crippen LogP) is 2.98. The summed E-state index contributed by atoms with van der Waals surface area (Å²) in [4.78, 5) is 25.2. The number of benzene rings is 1. The SMILES string of the molecule is O=C(O)CCC(=O)c1c[nH]c2cc(Br)ccc12. The van der Waals surface area contributed by atoms with Gasteiger partial charge in [0.05, 0.1) is 6.42 Å². The van der Waals surface area contributed by atoms with Crippen LogP contribution in [0, 0.1) is 0 Å². The van der Waals surface area contributed by atoms with Crippen LogP contribution >= 0.6 is 15.9 Å². The fourth-order valence-electron chi connectivity index (χ4n) is 1.68. The van der Waals surface area contributed by atoms with E-state index in [2.05, 4.69) is 20.9 Å². The van der Waals surface area contributed by atoms with Gasteiger partial charge in [-0.15, -0.1) is 0 Å². The third kappa shape index (κ3) is 2.55. The Labute approximate surface area is 106 Å². The van der Waals surface area contributed by atoms with Gasteiger partial charge in [-0.25, -0.2) is 0 Å². The van der Waals surface area contributed by atoms with Gasteiger partial charge in [-0.05, 0) is 12.1 Å². The number of halogens is 1. The third-order valence-electron chi connectivity index (χ3n) is 2.51. The second kappa shape index (κ2) is 4.71. The number of hydrogen-bond donors (Lipinski definition) is 2. The Balaban J connectivity index is 2.29. The number of aliphatic carboxylic acids is 1. The van der Waals surface area contributed by atoms with Crippen LogP contribution < -0.4 is 0 Å². The molecule has 0 bridgehead atoms. The number of H-pyrrole nitrogens is 1. The number of ketones is 1. The van der Waals surface area contributed by atoms with Crippen LogP contribution in [0.4, 0.5) is 0 Å². The van der Waals surface area contributed by atoms with Crippen molar-refractivity contribution in [3.8, 4) is 0 Å². The van der Waals surface area contributed by atoms with Crippen molar-refractivity contribution in [2.24, 2.45) is 0 Å². The molecule has 2 rings (SSSR count). The van der Waals surface area contributed by atoms with E-state index in [0.717, 1.165) is 15.4 Å². The minimum atomic E-state index is -0.957. The molecule has 2 aromatic rings. The van der Waals surface area contributed by atoms with Crippen LogP contribution in [-0.2, 0) is 4.79 Å². The Morgan fingerprint density at radius 1 is 1.29 bits per heavy atom. The van der Waals surface area contributed by atoms with Crippen molar-refractivity contribution in [1.82, 2.24) is 4.98 Å². The van der Waals surface area contributed by atoms with Crippen LogP contribution in [0.2, 0.25) is 0 Å². The Morgan fingerprint density at radius 3 is 2.76 bits per heavy atom. The first-order chi connectivity index (χ1) is 8.08. The Bertz CT molecular complexity index is 588. The lowest BCUT2D eigenvalue weighted by atomic mass is 10.1. The summed E-state index contributed by atoms with van der Waals surface area (Å²) in [6.45, 7) is 0. The van der Waals surface area contributed by atoms with Gasteiger partial charge in [-0.2, -0.15) is 0 Å². The van der Waals surface area contributed by atoms with Crippen molar-refractivity contribution >= 4 is 38.6 Å². The summed E-state index contributed by atoms with van der Waals surface area (Å²) in [6.07, 6.45) is 1.52. The average molecular weight is 296 g/mol. The van der Waals surface area contributed by atoms with E-state index in [1.807, 2.05) is 18.2 Å². The first kappa shape index (κ1) is 11.9. The maximum atomic E-state index is 11.8. The highest BCUT2D eigenvalue weighted by molar-refractivity contribution is 9.10. The van der Waals surface area contributed by atoms with Crippen LogP contribution in [0.5, 0.6) is 0 Å². The normalized spacial score (nSPS) is 10.6. The molecule has 17 heavy (non-hydrogen) atoms. The largest absolute Gasteiger partial charge is 0.481 e. The van der Waals surface area contributed by atoms with E-state index in [1.54, 1.807) is 6.20 Å². The second-order valence-corrected chi connectivity index (χ2v) is 4.62. The fourth-order valence-corrected chi connectivity index (χ4v) is 2.05. The number of carboxylic acids is 1. The van der Waals surface area contributed by atoms with Crippen molar-refractivity contribution in [2.75, 3.05) is 0 Å². The summed E-state index contributed by atoms with van der Waals surface area (Å²) in [5.74, 6) is -1.11. The molecule has 0 aliphatic heterocycles. The molecule has 0 saturated carbocycles. The van der Waals surface area contributed by atoms with Gasteiger partial charge in [0, 0.05) is 33.6 Å². The smallest absolute Gasteiger partial charge is 0.303 e. The molecule has 0 aliphatic rings. The van der Waals surface area contributed by atoms with E-state index >= 15 is 0 Å². The highest BCUT2D eigenvalue weighted by Crippen LogP contribution is 2.23. The first-order valence-corrected chi connectivity index (χ1v) is 5.89. The zero-order valence-corrected chi connectivity index (χ0v) is 10.5. The number of aromatic amines is 1. The van der Waals surface area contributed by atoms with Gasteiger partial charge in [0.25, 0.3) is 0 Å². The molecule has 0 radical (unpaired) electrons. The van der Waals surface area contributed by atoms with Crippen molar-refractivity contribution in [1.29, 1.82) is 0 Å². The zero-order chi connectivity index (χ0) is 12.4. The summed E-state index contributed by atoms with van der Waals surface area (Å²) in [5, 5.41) is 9.37. The molecule has 4 nitrogen and oxygen atoms in total. The standard InChI is InChI=1S/C12H10BrNO3/c13-7-1-2-8-9(6-14-10(8)5-7)11(15)3-4-12(16)17/h1-2,5-6,14H,3-4H2,(H,16,17). The van der Waals surface area contributed by atoms with Crippen molar-refractivity contribution in [3.63, 3.8) is 0 Å². The van der Waals surface area contributed by atoms with Crippen LogP contribution in [0.15, 0.2) is 28.9 Å². The van der Waals surface area contributed by atoms with Gasteiger partial charge in [0.1, 0.15) is 0 Å². The molecule has 0 atom stereocenters. The van der Waals surface area contributed by atoms with Gasteiger partial charge in [-0.1, -0.05) is 22.0 Å². The number of hydrogen-bond acceptors (Lipinski definition) is 2. The molecular formula is C12H10BrNO3. The lowest BCUT2D eigenvalue weighted by molar-refractivity contribution is -0.136.